The molecule has 0 unspecified atom stereocenters. The van der Waals surface area contributed by atoms with Crippen LogP contribution in [0.2, 0.25) is 0 Å². The second-order valence-corrected chi connectivity index (χ2v) is 15.2. The highest BCUT2D eigenvalue weighted by Gasteiger charge is 2.64. The smallest absolute Gasteiger partial charge is 0.418 e. The molecule has 1 aromatic rings. The topological polar surface area (TPSA) is 172 Å². The largest absolute Gasteiger partial charge is 0.444 e. The highest BCUT2D eigenvalue weighted by Crippen LogP contribution is 2.61. The molecular formula is C28H43N5O10S. The molecule has 1 aliphatic carbocycles. The third-order valence-corrected chi connectivity index (χ3v) is 8.89. The Morgan fingerprint density at radius 2 is 1.75 bits per heavy atom. The lowest BCUT2D eigenvalue weighted by Crippen LogP contribution is -2.51. The Labute approximate surface area is 257 Å². The van der Waals surface area contributed by atoms with Gasteiger partial charge >= 0.3 is 28.6 Å². The first kappa shape index (κ1) is 32.3. The molecule has 1 saturated carbocycles. The van der Waals surface area contributed by atoms with Gasteiger partial charge in [-0.15, -0.1) is 4.28 Å². The van der Waals surface area contributed by atoms with E-state index in [1.165, 1.54) is 4.90 Å². The van der Waals surface area contributed by atoms with Crippen molar-refractivity contribution in [2.75, 3.05) is 26.2 Å². The Kier molecular flexibility index (Phi) is 8.33. The van der Waals surface area contributed by atoms with Crippen molar-refractivity contribution in [3.63, 3.8) is 0 Å². The van der Waals surface area contributed by atoms with Crippen molar-refractivity contribution in [3.05, 3.63) is 17.5 Å². The summed E-state index contributed by atoms with van der Waals surface area (Å²) in [5, 5.41) is 5.02. The summed E-state index contributed by atoms with van der Waals surface area (Å²) < 4.78 is 53.6. The number of amides is 4. The highest BCUT2D eigenvalue weighted by atomic mass is 32.3. The maximum Gasteiger partial charge on any atom is 0.418 e. The zero-order valence-corrected chi connectivity index (χ0v) is 27.0. The van der Waals surface area contributed by atoms with Gasteiger partial charge in [0.25, 0.3) is 0 Å². The van der Waals surface area contributed by atoms with E-state index in [4.69, 9.17) is 14.0 Å². The van der Waals surface area contributed by atoms with Crippen LogP contribution in [0.4, 0.5) is 14.4 Å². The Bertz CT molecular complexity index is 1370. The van der Waals surface area contributed by atoms with E-state index in [0.29, 0.717) is 50.2 Å². The molecule has 1 N–H and O–H groups in total. The summed E-state index contributed by atoms with van der Waals surface area (Å²) in [6.07, 6.45) is 2.77. The van der Waals surface area contributed by atoms with Crippen LogP contribution in [-0.2, 0) is 30.6 Å². The Morgan fingerprint density at radius 1 is 1.11 bits per heavy atom. The first-order chi connectivity index (χ1) is 20.3. The van der Waals surface area contributed by atoms with Crippen LogP contribution in [0.3, 0.4) is 0 Å². The summed E-state index contributed by atoms with van der Waals surface area (Å²) in [7, 11) is -4.86. The SMILES string of the molecule is CC(C)(C)OC(=O)N1CCC(N(CCc2cc([C@@H]3CC4(CC4)[C@@H]4CN3C(=O)N4OS(=O)(=O)O)no2)C(=O)OC(C)(C)C)CC1. The molecule has 0 aromatic carbocycles. The van der Waals surface area contributed by atoms with E-state index in [2.05, 4.69) is 9.44 Å². The molecule has 4 heterocycles. The summed E-state index contributed by atoms with van der Waals surface area (Å²) >= 11 is 0. The maximum absolute atomic E-state index is 13.3. The number of urea groups is 1. The first-order valence-corrected chi connectivity index (χ1v) is 16.4. The number of fused-ring (bicyclic) bond motifs is 3. The predicted molar refractivity (Wildman–Crippen MR) is 153 cm³/mol. The number of rotatable bonds is 7. The predicted octanol–water partition coefficient (Wildman–Crippen LogP) is 3.92. The molecule has 246 valence electrons. The molecule has 4 amide bonds. The van der Waals surface area contributed by atoms with Crippen LogP contribution in [0.1, 0.15) is 91.1 Å². The first-order valence-electron chi connectivity index (χ1n) is 15.0. The van der Waals surface area contributed by atoms with Gasteiger partial charge in [-0.1, -0.05) is 5.16 Å². The van der Waals surface area contributed by atoms with Crippen molar-refractivity contribution in [2.24, 2.45) is 5.41 Å². The molecular weight excluding hydrogens is 598 g/mol. The summed E-state index contributed by atoms with van der Waals surface area (Å²) in [5.41, 5.74) is -1.08. The quantitative estimate of drug-likeness (QED) is 0.428. The van der Waals surface area contributed by atoms with Gasteiger partial charge < -0.3 is 28.7 Å². The summed E-state index contributed by atoms with van der Waals surface area (Å²) in [5.74, 6) is 0.518. The molecule has 0 radical (unpaired) electrons. The molecule has 44 heavy (non-hydrogen) atoms. The molecule has 2 atom stereocenters. The summed E-state index contributed by atoms with van der Waals surface area (Å²) in [4.78, 5) is 43.8. The van der Waals surface area contributed by atoms with Crippen molar-refractivity contribution in [2.45, 2.75) is 109 Å². The minimum atomic E-state index is -4.86. The van der Waals surface area contributed by atoms with E-state index >= 15 is 0 Å². The average Bonchev–Trinajstić information content (AvgIpc) is 3.38. The number of hydrogen-bond acceptors (Lipinski definition) is 10. The van der Waals surface area contributed by atoms with Gasteiger partial charge in [0.1, 0.15) is 22.7 Å². The van der Waals surface area contributed by atoms with Crippen LogP contribution in [-0.4, -0.2) is 106 Å². The van der Waals surface area contributed by atoms with E-state index in [1.54, 1.807) is 36.6 Å². The maximum atomic E-state index is 13.3. The molecule has 16 heteroatoms. The lowest BCUT2D eigenvalue weighted by Gasteiger charge is -2.39. The fourth-order valence-electron chi connectivity index (χ4n) is 6.34. The van der Waals surface area contributed by atoms with Crippen LogP contribution in [0.5, 0.6) is 0 Å². The number of nitrogens with zero attached hydrogens (tertiary/aromatic N) is 5. The molecule has 1 spiro atoms. The van der Waals surface area contributed by atoms with Gasteiger partial charge in [-0.25, -0.2) is 14.4 Å². The van der Waals surface area contributed by atoms with E-state index < -0.39 is 45.8 Å². The normalized spacial score (nSPS) is 23.7. The fourth-order valence-corrected chi connectivity index (χ4v) is 6.72. The number of piperidine rings is 2. The molecule has 1 aromatic heterocycles. The van der Waals surface area contributed by atoms with Gasteiger partial charge in [-0.2, -0.15) is 13.5 Å². The van der Waals surface area contributed by atoms with Crippen molar-refractivity contribution >= 4 is 28.6 Å². The van der Waals surface area contributed by atoms with E-state index in [1.807, 2.05) is 20.8 Å². The minimum absolute atomic E-state index is 0.160. The van der Waals surface area contributed by atoms with Gasteiger partial charge in [-0.05, 0) is 79.1 Å². The van der Waals surface area contributed by atoms with E-state index in [-0.39, 0.29) is 30.6 Å². The van der Waals surface area contributed by atoms with Gasteiger partial charge in [0, 0.05) is 44.7 Å². The summed E-state index contributed by atoms with van der Waals surface area (Å²) in [6.45, 7) is 12.3. The number of carbonyl (C=O) groups is 3. The zero-order valence-electron chi connectivity index (χ0n) is 26.1. The van der Waals surface area contributed by atoms with Crippen LogP contribution >= 0.6 is 0 Å². The minimum Gasteiger partial charge on any atom is -0.444 e. The summed E-state index contributed by atoms with van der Waals surface area (Å²) in [6, 6.07) is 0.0160. The molecule has 4 fully saturated rings. The third kappa shape index (κ3) is 7.23. The third-order valence-electron chi connectivity index (χ3n) is 8.54. The number of ether oxygens (including phenoxy) is 2. The van der Waals surface area contributed by atoms with Gasteiger partial charge in [0.15, 0.2) is 0 Å². The zero-order chi connectivity index (χ0) is 32.2. The van der Waals surface area contributed by atoms with Gasteiger partial charge in [-0.3, -0.25) is 4.55 Å². The van der Waals surface area contributed by atoms with Crippen LogP contribution in [0.15, 0.2) is 10.6 Å². The highest BCUT2D eigenvalue weighted by molar-refractivity contribution is 7.80. The van der Waals surface area contributed by atoms with Gasteiger partial charge in [0.05, 0.1) is 12.1 Å². The van der Waals surface area contributed by atoms with E-state index in [9.17, 15) is 27.4 Å². The average molecular weight is 642 g/mol. The number of hydrogen-bond donors (Lipinski definition) is 1. The number of likely N-dealkylation sites (tertiary alicyclic amines) is 1. The fraction of sp³-hybridized carbons (Fsp3) is 0.786. The van der Waals surface area contributed by atoms with Crippen LogP contribution in [0.25, 0.3) is 0 Å². The number of carbonyl (C=O) groups excluding carboxylic acids is 3. The molecule has 15 nitrogen and oxygen atoms in total. The second-order valence-electron chi connectivity index (χ2n) is 14.2. The lowest BCUT2D eigenvalue weighted by molar-refractivity contribution is -0.0527. The Morgan fingerprint density at radius 3 is 2.32 bits per heavy atom. The number of aromatic nitrogens is 1. The van der Waals surface area contributed by atoms with Crippen molar-refractivity contribution < 1.29 is 45.6 Å². The van der Waals surface area contributed by atoms with Crippen LogP contribution < -0.4 is 0 Å². The monoisotopic (exact) mass is 641 g/mol. The lowest BCUT2D eigenvalue weighted by atomic mass is 9.84. The molecule has 3 saturated heterocycles. The molecule has 2 bridgehead atoms. The Hall–Kier alpha value is -3.11. The Balaban J connectivity index is 1.25. The standard InChI is InChI=1S/C28H43N5O10S/c1-26(2,3)40-24(35)30-12-7-18(8-13-30)31(25(36)41-27(4,5)6)14-9-19-15-20(29-42-19)21-16-28(10-11-28)22-17-32(21)23(34)33(22)43-44(37,38)39/h15,18,21-22H,7-14,16-17H2,1-6H3,(H,37,38,39)/t21-,22-/m0/s1. The van der Waals surface area contributed by atoms with Crippen molar-refractivity contribution in [1.82, 2.24) is 24.9 Å². The second kappa shape index (κ2) is 11.4. The molecule has 3 aliphatic heterocycles. The van der Waals surface area contributed by atoms with Gasteiger partial charge in [0.2, 0.25) is 0 Å². The number of hydroxylamine groups is 2. The van der Waals surface area contributed by atoms with E-state index in [0.717, 1.165) is 17.9 Å². The molecule has 4 aliphatic rings. The van der Waals surface area contributed by atoms with Crippen molar-refractivity contribution in [1.29, 1.82) is 0 Å². The molecule has 5 rings (SSSR count). The van der Waals surface area contributed by atoms with Crippen molar-refractivity contribution in [3.8, 4) is 0 Å². The van der Waals surface area contributed by atoms with Crippen LogP contribution in [0, 0.1) is 5.41 Å².